The van der Waals surface area contributed by atoms with Crippen LogP contribution in [0.2, 0.25) is 10.0 Å². The normalized spacial score (nSPS) is 11.2. The van der Waals surface area contributed by atoms with Crippen LogP contribution in [0.1, 0.15) is 26.3 Å². The van der Waals surface area contributed by atoms with Gasteiger partial charge in [0.15, 0.2) is 6.61 Å². The SMILES string of the molecule is O=C(OCC(=O)c1cc(Cl)ccc1Cl)c1cccc(S(=O)(=O)NCc2ccccc2)c1. The molecule has 0 bridgehead atoms. The Morgan fingerprint density at radius 2 is 1.65 bits per heavy atom. The summed E-state index contributed by atoms with van der Waals surface area (Å²) in [5.74, 6) is -1.37. The van der Waals surface area contributed by atoms with Gasteiger partial charge in [-0.1, -0.05) is 59.6 Å². The number of halogens is 2. The Bertz CT molecular complexity index is 1210. The topological polar surface area (TPSA) is 89.5 Å². The van der Waals surface area contributed by atoms with Gasteiger partial charge in [0.2, 0.25) is 15.8 Å². The molecule has 0 radical (unpaired) electrons. The van der Waals surface area contributed by atoms with Gasteiger partial charge >= 0.3 is 5.97 Å². The zero-order valence-electron chi connectivity index (χ0n) is 16.0. The summed E-state index contributed by atoms with van der Waals surface area (Å²) < 4.78 is 32.6. The number of carbonyl (C=O) groups excluding carboxylic acids is 2. The zero-order valence-corrected chi connectivity index (χ0v) is 18.4. The molecule has 1 N–H and O–H groups in total. The molecule has 9 heteroatoms. The number of ether oxygens (including phenoxy) is 1. The van der Waals surface area contributed by atoms with E-state index in [0.717, 1.165) is 5.56 Å². The van der Waals surface area contributed by atoms with Crippen LogP contribution in [0.4, 0.5) is 0 Å². The molecule has 0 atom stereocenters. The Kier molecular flexibility index (Phi) is 7.46. The minimum atomic E-state index is -3.86. The number of esters is 1. The van der Waals surface area contributed by atoms with Crippen molar-refractivity contribution in [1.82, 2.24) is 4.72 Å². The van der Waals surface area contributed by atoms with Crippen LogP contribution in [0, 0.1) is 0 Å². The fraction of sp³-hybridized carbons (Fsp3) is 0.0909. The molecule has 0 heterocycles. The van der Waals surface area contributed by atoms with E-state index in [9.17, 15) is 18.0 Å². The highest BCUT2D eigenvalue weighted by Gasteiger charge is 2.18. The summed E-state index contributed by atoms with van der Waals surface area (Å²) in [7, 11) is -3.86. The van der Waals surface area contributed by atoms with Crippen molar-refractivity contribution in [3.8, 4) is 0 Å². The Labute approximate surface area is 189 Å². The quantitative estimate of drug-likeness (QED) is 0.380. The smallest absolute Gasteiger partial charge is 0.338 e. The predicted molar refractivity (Wildman–Crippen MR) is 118 cm³/mol. The molecule has 0 aliphatic rings. The maximum absolute atomic E-state index is 12.6. The molecule has 160 valence electrons. The van der Waals surface area contributed by atoms with E-state index >= 15 is 0 Å². The van der Waals surface area contributed by atoms with E-state index in [1.165, 1.54) is 42.5 Å². The summed E-state index contributed by atoms with van der Waals surface area (Å²) in [5, 5.41) is 0.503. The molecule has 3 aromatic carbocycles. The number of rotatable bonds is 8. The number of hydrogen-bond donors (Lipinski definition) is 1. The second-order valence-corrected chi connectivity index (χ2v) is 9.07. The van der Waals surface area contributed by atoms with Crippen molar-refractivity contribution in [3.63, 3.8) is 0 Å². The highest BCUT2D eigenvalue weighted by molar-refractivity contribution is 7.89. The van der Waals surface area contributed by atoms with Gasteiger partial charge in [0.05, 0.1) is 15.5 Å². The van der Waals surface area contributed by atoms with Gasteiger partial charge in [-0.3, -0.25) is 4.79 Å². The molecule has 0 saturated carbocycles. The van der Waals surface area contributed by atoms with Crippen LogP contribution in [0.3, 0.4) is 0 Å². The fourth-order valence-electron chi connectivity index (χ4n) is 2.65. The van der Waals surface area contributed by atoms with Gasteiger partial charge < -0.3 is 4.74 Å². The molecule has 0 aliphatic heterocycles. The van der Waals surface area contributed by atoms with E-state index in [1.54, 1.807) is 24.3 Å². The molecule has 3 rings (SSSR count). The first-order valence-electron chi connectivity index (χ1n) is 9.05. The molecule has 0 saturated heterocycles. The van der Waals surface area contributed by atoms with Gasteiger partial charge in [-0.25, -0.2) is 17.9 Å². The van der Waals surface area contributed by atoms with Crippen molar-refractivity contribution >= 4 is 45.0 Å². The van der Waals surface area contributed by atoms with E-state index in [-0.39, 0.29) is 27.6 Å². The van der Waals surface area contributed by atoms with Gasteiger partial charge in [0.25, 0.3) is 0 Å². The number of benzene rings is 3. The van der Waals surface area contributed by atoms with Gasteiger partial charge in [0.1, 0.15) is 0 Å². The maximum Gasteiger partial charge on any atom is 0.338 e. The van der Waals surface area contributed by atoms with Gasteiger partial charge in [0, 0.05) is 17.1 Å². The molecule has 0 aromatic heterocycles. The lowest BCUT2D eigenvalue weighted by Gasteiger charge is -2.09. The minimum Gasteiger partial charge on any atom is -0.454 e. The summed E-state index contributed by atoms with van der Waals surface area (Å²) in [4.78, 5) is 24.5. The molecule has 0 fully saturated rings. The van der Waals surface area contributed by atoms with Gasteiger partial charge in [-0.2, -0.15) is 0 Å². The lowest BCUT2D eigenvalue weighted by atomic mass is 10.1. The Hall–Kier alpha value is -2.71. The zero-order chi connectivity index (χ0) is 22.4. The van der Waals surface area contributed by atoms with E-state index in [0.29, 0.717) is 5.02 Å². The summed E-state index contributed by atoms with van der Waals surface area (Å²) in [6.45, 7) is -0.463. The molecule has 0 unspecified atom stereocenters. The molecule has 0 spiro atoms. The van der Waals surface area contributed by atoms with Crippen molar-refractivity contribution in [2.75, 3.05) is 6.61 Å². The van der Waals surface area contributed by atoms with Crippen molar-refractivity contribution in [1.29, 1.82) is 0 Å². The van der Waals surface area contributed by atoms with Crippen LogP contribution < -0.4 is 4.72 Å². The number of sulfonamides is 1. The number of ketones is 1. The van der Waals surface area contributed by atoms with Gasteiger partial charge in [-0.15, -0.1) is 0 Å². The van der Waals surface area contributed by atoms with Crippen LogP contribution in [0.5, 0.6) is 0 Å². The Balaban J connectivity index is 1.66. The second-order valence-electron chi connectivity index (χ2n) is 6.46. The number of nitrogens with one attached hydrogen (secondary N) is 1. The molecular weight excluding hydrogens is 461 g/mol. The molecular formula is C22H17Cl2NO5S. The van der Waals surface area contributed by atoms with E-state index in [2.05, 4.69) is 4.72 Å². The Morgan fingerprint density at radius 1 is 0.903 bits per heavy atom. The first-order chi connectivity index (χ1) is 14.8. The highest BCUT2D eigenvalue weighted by atomic mass is 35.5. The Morgan fingerprint density at radius 3 is 2.39 bits per heavy atom. The maximum atomic E-state index is 12.6. The third-order valence-corrected chi connectivity index (χ3v) is 6.22. The summed E-state index contributed by atoms with van der Waals surface area (Å²) in [6.07, 6.45) is 0. The van der Waals surface area contributed by atoms with Crippen molar-refractivity contribution in [3.05, 3.63) is 99.5 Å². The first-order valence-corrected chi connectivity index (χ1v) is 11.3. The molecule has 3 aromatic rings. The van der Waals surface area contributed by atoms with Crippen LogP contribution in [0.25, 0.3) is 0 Å². The summed E-state index contributed by atoms with van der Waals surface area (Å²) >= 11 is 11.8. The van der Waals surface area contributed by atoms with Crippen LogP contribution in [-0.4, -0.2) is 26.8 Å². The van der Waals surface area contributed by atoms with Gasteiger partial charge in [-0.05, 0) is 42.0 Å². The van der Waals surface area contributed by atoms with Crippen LogP contribution in [-0.2, 0) is 21.3 Å². The number of carbonyl (C=O) groups is 2. The lowest BCUT2D eigenvalue weighted by Crippen LogP contribution is -2.23. The van der Waals surface area contributed by atoms with Crippen LogP contribution >= 0.6 is 23.2 Å². The third-order valence-electron chi connectivity index (χ3n) is 4.25. The third kappa shape index (κ3) is 6.15. The molecule has 0 amide bonds. The second kappa shape index (κ2) is 10.1. The van der Waals surface area contributed by atoms with E-state index in [1.807, 2.05) is 6.07 Å². The average molecular weight is 478 g/mol. The number of hydrogen-bond acceptors (Lipinski definition) is 5. The first kappa shape index (κ1) is 23.0. The van der Waals surface area contributed by atoms with Crippen molar-refractivity contribution in [2.45, 2.75) is 11.4 Å². The number of Topliss-reactive ketones (excluding diaryl/α,β-unsaturated/α-hetero) is 1. The molecule has 6 nitrogen and oxygen atoms in total. The molecule has 31 heavy (non-hydrogen) atoms. The standard InChI is InChI=1S/C22H17Cl2NO5S/c23-17-9-10-20(24)19(12-17)21(26)14-30-22(27)16-7-4-8-18(11-16)31(28,29)25-13-15-5-2-1-3-6-15/h1-12,25H,13-14H2. The average Bonchev–Trinajstić information content (AvgIpc) is 2.78. The monoisotopic (exact) mass is 477 g/mol. The van der Waals surface area contributed by atoms with Crippen molar-refractivity contribution in [2.24, 2.45) is 0 Å². The van der Waals surface area contributed by atoms with E-state index in [4.69, 9.17) is 27.9 Å². The van der Waals surface area contributed by atoms with Crippen molar-refractivity contribution < 1.29 is 22.7 Å². The van der Waals surface area contributed by atoms with Crippen LogP contribution in [0.15, 0.2) is 77.7 Å². The molecule has 0 aliphatic carbocycles. The minimum absolute atomic E-state index is 0.00687. The summed E-state index contributed by atoms with van der Waals surface area (Å²) in [5.41, 5.74) is 0.913. The predicted octanol–water partition coefficient (Wildman–Crippen LogP) is 4.51. The highest BCUT2D eigenvalue weighted by Crippen LogP contribution is 2.21. The summed E-state index contributed by atoms with van der Waals surface area (Å²) in [6, 6.07) is 18.8. The lowest BCUT2D eigenvalue weighted by molar-refractivity contribution is 0.0474. The largest absolute Gasteiger partial charge is 0.454 e. The van der Waals surface area contributed by atoms with E-state index < -0.39 is 28.4 Å². The fourth-order valence-corrected chi connectivity index (χ4v) is 4.11.